The van der Waals surface area contributed by atoms with E-state index in [9.17, 15) is 9.59 Å². The number of amides is 2. The number of nitrogens with zero attached hydrogens (tertiary/aromatic N) is 1. The normalized spacial score (nSPS) is 18.6. The molecule has 1 saturated carbocycles. The van der Waals surface area contributed by atoms with Crippen LogP contribution in [-0.4, -0.2) is 56.2 Å². The number of piperidine rings is 1. The largest absolute Gasteiger partial charge is 0.497 e. The van der Waals surface area contributed by atoms with Gasteiger partial charge in [-0.05, 0) is 49.3 Å². The molecule has 0 aromatic heterocycles. The number of ether oxygens (including phenoxy) is 2. The second-order valence-electron chi connectivity index (χ2n) is 8.14. The quantitative estimate of drug-likeness (QED) is 0.706. The zero-order chi connectivity index (χ0) is 20.0. The van der Waals surface area contributed by atoms with E-state index in [2.05, 4.69) is 5.32 Å². The van der Waals surface area contributed by atoms with Crippen LogP contribution in [0.15, 0.2) is 24.3 Å². The summed E-state index contributed by atoms with van der Waals surface area (Å²) < 4.78 is 10.1. The number of likely N-dealkylation sites (tertiary alicyclic amines) is 1. The molecular weight excluding hydrogens is 356 g/mol. The van der Waals surface area contributed by atoms with Crippen LogP contribution in [-0.2, 0) is 20.7 Å². The Morgan fingerprint density at radius 1 is 1.14 bits per heavy atom. The molecule has 1 saturated heterocycles. The Labute approximate surface area is 167 Å². The Bertz CT molecular complexity index is 662. The average molecular weight is 389 g/mol. The van der Waals surface area contributed by atoms with E-state index < -0.39 is 0 Å². The third-order valence-corrected chi connectivity index (χ3v) is 5.92. The first kappa shape index (κ1) is 20.6. The number of hydrogen-bond acceptors (Lipinski definition) is 4. The maximum Gasteiger partial charge on any atom is 0.246 e. The summed E-state index contributed by atoms with van der Waals surface area (Å²) in [6, 6.07) is 7.87. The number of benzene rings is 1. The van der Waals surface area contributed by atoms with E-state index >= 15 is 0 Å². The van der Waals surface area contributed by atoms with Crippen molar-refractivity contribution in [3.8, 4) is 5.75 Å². The number of rotatable bonds is 9. The highest BCUT2D eigenvalue weighted by Crippen LogP contribution is 2.40. The second kappa shape index (κ2) is 9.41. The van der Waals surface area contributed by atoms with Gasteiger partial charge in [-0.25, -0.2) is 0 Å². The van der Waals surface area contributed by atoms with Gasteiger partial charge in [0.2, 0.25) is 11.8 Å². The lowest BCUT2D eigenvalue weighted by molar-refractivity contribution is -0.133. The third kappa shape index (κ3) is 5.71. The Morgan fingerprint density at radius 3 is 2.39 bits per heavy atom. The Kier molecular flexibility index (Phi) is 6.94. The zero-order valence-corrected chi connectivity index (χ0v) is 17.0. The molecule has 28 heavy (non-hydrogen) atoms. The van der Waals surface area contributed by atoms with Gasteiger partial charge in [0.25, 0.3) is 0 Å². The number of aryl methyl sites for hydroxylation is 1. The maximum atomic E-state index is 12.7. The summed E-state index contributed by atoms with van der Waals surface area (Å²) in [5.41, 5.74) is 0.963. The SMILES string of the molecule is COCC(=O)NC1(CC2CC2)CCN(C(=O)CCc2ccc(OC)cc2)CC1. The summed E-state index contributed by atoms with van der Waals surface area (Å²) in [5, 5.41) is 3.22. The molecule has 1 aromatic rings. The van der Waals surface area contributed by atoms with Crippen LogP contribution in [0.5, 0.6) is 5.75 Å². The number of hydrogen-bond donors (Lipinski definition) is 1. The summed E-state index contributed by atoms with van der Waals surface area (Å²) in [5.74, 6) is 1.69. The summed E-state index contributed by atoms with van der Waals surface area (Å²) in [6.45, 7) is 1.51. The number of carbonyl (C=O) groups excluding carboxylic acids is 2. The van der Waals surface area contributed by atoms with Gasteiger partial charge in [0.05, 0.1) is 7.11 Å². The lowest BCUT2D eigenvalue weighted by Gasteiger charge is -2.43. The van der Waals surface area contributed by atoms with Crippen molar-refractivity contribution >= 4 is 11.8 Å². The van der Waals surface area contributed by atoms with Crippen LogP contribution in [0.1, 0.15) is 44.1 Å². The van der Waals surface area contributed by atoms with Gasteiger partial charge < -0.3 is 19.7 Å². The molecule has 2 amide bonds. The Balaban J connectivity index is 1.50. The number of methoxy groups -OCH3 is 2. The van der Waals surface area contributed by atoms with Crippen molar-refractivity contribution in [1.82, 2.24) is 10.2 Å². The zero-order valence-electron chi connectivity index (χ0n) is 17.0. The molecule has 2 aliphatic rings. The summed E-state index contributed by atoms with van der Waals surface area (Å²) >= 11 is 0. The van der Waals surface area contributed by atoms with Gasteiger partial charge in [0.1, 0.15) is 12.4 Å². The van der Waals surface area contributed by atoms with Gasteiger partial charge in [0, 0.05) is 32.2 Å². The topological polar surface area (TPSA) is 67.9 Å². The van der Waals surface area contributed by atoms with E-state index in [4.69, 9.17) is 9.47 Å². The number of nitrogens with one attached hydrogen (secondary N) is 1. The summed E-state index contributed by atoms with van der Waals surface area (Å²) in [4.78, 5) is 26.7. The summed E-state index contributed by atoms with van der Waals surface area (Å²) in [7, 11) is 3.19. The van der Waals surface area contributed by atoms with Crippen molar-refractivity contribution < 1.29 is 19.1 Å². The van der Waals surface area contributed by atoms with Crippen molar-refractivity contribution in [3.63, 3.8) is 0 Å². The fourth-order valence-corrected chi connectivity index (χ4v) is 4.10. The molecule has 6 nitrogen and oxygen atoms in total. The van der Waals surface area contributed by atoms with Gasteiger partial charge in [-0.2, -0.15) is 0 Å². The molecule has 1 heterocycles. The number of carbonyl (C=O) groups is 2. The summed E-state index contributed by atoms with van der Waals surface area (Å²) in [6.07, 6.45) is 6.44. The molecule has 0 atom stereocenters. The minimum atomic E-state index is -0.177. The molecule has 6 heteroatoms. The van der Waals surface area contributed by atoms with Crippen molar-refractivity contribution in [2.75, 3.05) is 33.9 Å². The fraction of sp³-hybridized carbons (Fsp3) is 0.636. The van der Waals surface area contributed by atoms with Crippen LogP contribution in [0.4, 0.5) is 0 Å². The molecule has 2 fully saturated rings. The highest BCUT2D eigenvalue weighted by Gasteiger charge is 2.41. The first-order valence-corrected chi connectivity index (χ1v) is 10.2. The van der Waals surface area contributed by atoms with Crippen molar-refractivity contribution in [2.24, 2.45) is 5.92 Å². The first-order chi connectivity index (χ1) is 13.5. The van der Waals surface area contributed by atoms with Crippen LogP contribution in [0, 0.1) is 5.92 Å². The monoisotopic (exact) mass is 388 g/mol. The van der Waals surface area contributed by atoms with Gasteiger partial charge in [0.15, 0.2) is 0 Å². The van der Waals surface area contributed by atoms with Crippen molar-refractivity contribution in [1.29, 1.82) is 0 Å². The molecule has 1 N–H and O–H groups in total. The van der Waals surface area contributed by atoms with Crippen LogP contribution in [0.25, 0.3) is 0 Å². The lowest BCUT2D eigenvalue weighted by atomic mass is 9.82. The van der Waals surface area contributed by atoms with Crippen molar-refractivity contribution in [2.45, 2.75) is 50.5 Å². The highest BCUT2D eigenvalue weighted by molar-refractivity contribution is 5.78. The minimum absolute atomic E-state index is 0.0533. The van der Waals surface area contributed by atoms with Gasteiger partial charge >= 0.3 is 0 Å². The van der Waals surface area contributed by atoms with E-state index in [1.54, 1.807) is 7.11 Å². The molecule has 3 rings (SSSR count). The Hall–Kier alpha value is -2.08. The fourth-order valence-electron chi connectivity index (χ4n) is 4.10. The van der Waals surface area contributed by atoms with Gasteiger partial charge in [-0.1, -0.05) is 25.0 Å². The molecule has 1 aromatic carbocycles. The molecular formula is C22H32N2O4. The van der Waals surface area contributed by atoms with E-state index in [1.807, 2.05) is 29.2 Å². The maximum absolute atomic E-state index is 12.7. The average Bonchev–Trinajstić information content (AvgIpc) is 3.51. The third-order valence-electron chi connectivity index (χ3n) is 5.92. The Morgan fingerprint density at radius 2 is 1.82 bits per heavy atom. The molecule has 0 bridgehead atoms. The smallest absolute Gasteiger partial charge is 0.246 e. The lowest BCUT2D eigenvalue weighted by Crippen LogP contribution is -2.57. The highest BCUT2D eigenvalue weighted by atomic mass is 16.5. The molecule has 154 valence electrons. The molecule has 1 aliphatic carbocycles. The standard InChI is InChI=1S/C22H32N2O4/c1-27-16-20(25)23-22(15-18-3-4-18)11-13-24(14-12-22)21(26)10-7-17-5-8-19(28-2)9-6-17/h5-6,8-9,18H,3-4,7,10-16H2,1-2H3,(H,23,25). The van der Waals surface area contributed by atoms with Gasteiger partial charge in [-0.3, -0.25) is 9.59 Å². The van der Waals surface area contributed by atoms with E-state index in [0.29, 0.717) is 19.5 Å². The van der Waals surface area contributed by atoms with Crippen LogP contribution >= 0.6 is 0 Å². The molecule has 0 unspecified atom stereocenters. The predicted octanol–water partition coefficient (Wildman–Crippen LogP) is 2.55. The molecule has 1 aliphatic heterocycles. The van der Waals surface area contributed by atoms with E-state index in [1.165, 1.54) is 20.0 Å². The van der Waals surface area contributed by atoms with E-state index in [-0.39, 0.29) is 24.0 Å². The molecule has 0 spiro atoms. The second-order valence-corrected chi connectivity index (χ2v) is 8.14. The van der Waals surface area contributed by atoms with Crippen LogP contribution in [0.2, 0.25) is 0 Å². The van der Waals surface area contributed by atoms with E-state index in [0.717, 1.165) is 42.9 Å². The minimum Gasteiger partial charge on any atom is -0.497 e. The molecule has 0 radical (unpaired) electrons. The predicted molar refractivity (Wildman–Crippen MR) is 107 cm³/mol. The van der Waals surface area contributed by atoms with Crippen LogP contribution < -0.4 is 10.1 Å². The van der Waals surface area contributed by atoms with Crippen molar-refractivity contribution in [3.05, 3.63) is 29.8 Å². The first-order valence-electron chi connectivity index (χ1n) is 10.2. The van der Waals surface area contributed by atoms with Gasteiger partial charge in [-0.15, -0.1) is 0 Å². The van der Waals surface area contributed by atoms with Crippen LogP contribution in [0.3, 0.4) is 0 Å².